The van der Waals surface area contributed by atoms with Gasteiger partial charge in [-0.05, 0) is 55.8 Å². The maximum atomic E-state index is 12.2. The van der Waals surface area contributed by atoms with E-state index in [-0.39, 0.29) is 23.7 Å². The normalized spacial score (nSPS) is 10.5. The van der Waals surface area contributed by atoms with Crippen LogP contribution in [0.15, 0.2) is 65.5 Å². The van der Waals surface area contributed by atoms with Crippen LogP contribution in [0.25, 0.3) is 11.3 Å². The molecule has 0 radical (unpaired) electrons. The predicted octanol–water partition coefficient (Wildman–Crippen LogP) is 3.54. The van der Waals surface area contributed by atoms with E-state index >= 15 is 0 Å². The first-order valence-electron chi connectivity index (χ1n) is 9.60. The zero-order valence-electron chi connectivity index (χ0n) is 16.9. The molecule has 2 aromatic carbocycles. The van der Waals surface area contributed by atoms with Gasteiger partial charge in [0.25, 0.3) is 5.56 Å². The minimum absolute atomic E-state index is 0.0259. The number of aryl methyl sites for hydroxylation is 1. The van der Waals surface area contributed by atoms with Crippen molar-refractivity contribution in [3.05, 3.63) is 76.6 Å². The lowest BCUT2D eigenvalue weighted by Gasteiger charge is -2.09. The van der Waals surface area contributed by atoms with E-state index in [1.54, 1.807) is 37.4 Å². The number of nitrogens with one attached hydrogen (secondary N) is 1. The van der Waals surface area contributed by atoms with Gasteiger partial charge in [-0.1, -0.05) is 12.1 Å². The average molecular weight is 405 g/mol. The van der Waals surface area contributed by atoms with Crippen molar-refractivity contribution in [1.82, 2.24) is 9.78 Å². The van der Waals surface area contributed by atoms with E-state index in [1.807, 2.05) is 24.3 Å². The molecular formula is C23H23N3O4. The van der Waals surface area contributed by atoms with Gasteiger partial charge in [0.2, 0.25) is 5.91 Å². The Labute approximate surface area is 174 Å². The molecule has 3 rings (SSSR count). The Morgan fingerprint density at radius 2 is 1.83 bits per heavy atom. The van der Waals surface area contributed by atoms with E-state index in [0.29, 0.717) is 35.7 Å². The largest absolute Gasteiger partial charge is 0.497 e. The van der Waals surface area contributed by atoms with Gasteiger partial charge in [0.15, 0.2) is 5.78 Å². The molecule has 0 atom stereocenters. The number of aromatic nitrogens is 2. The highest BCUT2D eigenvalue weighted by Crippen LogP contribution is 2.21. The zero-order valence-corrected chi connectivity index (χ0v) is 16.9. The van der Waals surface area contributed by atoms with Crippen molar-refractivity contribution in [2.45, 2.75) is 26.3 Å². The lowest BCUT2D eigenvalue weighted by Crippen LogP contribution is -2.23. The van der Waals surface area contributed by atoms with Crippen molar-refractivity contribution in [3.63, 3.8) is 0 Å². The quantitative estimate of drug-likeness (QED) is 0.579. The summed E-state index contributed by atoms with van der Waals surface area (Å²) >= 11 is 0. The van der Waals surface area contributed by atoms with Gasteiger partial charge in [-0.3, -0.25) is 14.4 Å². The number of rotatable bonds is 8. The number of benzene rings is 2. The lowest BCUT2D eigenvalue weighted by atomic mass is 10.1. The maximum absolute atomic E-state index is 12.2. The Kier molecular flexibility index (Phi) is 6.75. The first kappa shape index (κ1) is 21.0. The van der Waals surface area contributed by atoms with E-state index in [1.165, 1.54) is 17.7 Å². The summed E-state index contributed by atoms with van der Waals surface area (Å²) < 4.78 is 6.60. The molecule has 7 nitrogen and oxygen atoms in total. The third kappa shape index (κ3) is 5.41. The highest BCUT2D eigenvalue weighted by atomic mass is 16.5. The van der Waals surface area contributed by atoms with E-state index in [2.05, 4.69) is 10.4 Å². The predicted molar refractivity (Wildman–Crippen MR) is 115 cm³/mol. The number of carbonyl (C=O) groups is 2. The highest BCUT2D eigenvalue weighted by molar-refractivity contribution is 5.95. The van der Waals surface area contributed by atoms with Gasteiger partial charge >= 0.3 is 0 Å². The van der Waals surface area contributed by atoms with Crippen LogP contribution in [-0.4, -0.2) is 28.6 Å². The summed E-state index contributed by atoms with van der Waals surface area (Å²) in [5.41, 5.74) is 2.50. The molecule has 0 bridgehead atoms. The molecule has 7 heteroatoms. The van der Waals surface area contributed by atoms with Crippen LogP contribution in [0.4, 0.5) is 5.69 Å². The van der Waals surface area contributed by atoms with Gasteiger partial charge in [0.1, 0.15) is 5.75 Å². The second-order valence-corrected chi connectivity index (χ2v) is 6.80. The van der Waals surface area contributed by atoms with Crippen molar-refractivity contribution in [1.29, 1.82) is 0 Å². The van der Waals surface area contributed by atoms with Gasteiger partial charge in [-0.25, -0.2) is 4.68 Å². The molecule has 1 amide bonds. The topological polar surface area (TPSA) is 90.3 Å². The molecule has 0 saturated carbocycles. The summed E-state index contributed by atoms with van der Waals surface area (Å²) in [5.74, 6) is 0.518. The van der Waals surface area contributed by atoms with Crippen LogP contribution in [0.5, 0.6) is 5.75 Å². The number of ketones is 1. The zero-order chi connectivity index (χ0) is 21.5. The second kappa shape index (κ2) is 9.65. The molecule has 0 aliphatic carbocycles. The fourth-order valence-electron chi connectivity index (χ4n) is 2.95. The van der Waals surface area contributed by atoms with Crippen LogP contribution in [0.3, 0.4) is 0 Å². The summed E-state index contributed by atoms with van der Waals surface area (Å²) in [6.45, 7) is 1.82. The molecule has 1 N–H and O–H groups in total. The number of hydrogen-bond donors (Lipinski definition) is 1. The summed E-state index contributed by atoms with van der Waals surface area (Å²) in [4.78, 5) is 35.6. The Hall–Kier alpha value is -3.74. The van der Waals surface area contributed by atoms with Gasteiger partial charge in [-0.2, -0.15) is 5.10 Å². The smallest absolute Gasteiger partial charge is 0.266 e. The molecule has 0 fully saturated rings. The third-order valence-electron chi connectivity index (χ3n) is 4.58. The van der Waals surface area contributed by atoms with Gasteiger partial charge < -0.3 is 10.1 Å². The molecule has 0 spiro atoms. The standard InChI is InChI=1S/C23H23N3O4/c1-16(27)17-8-10-19(11-9-17)24-22(28)7-4-14-26-23(29)13-12-21(25-26)18-5-3-6-20(15-18)30-2/h3,5-6,8-13,15H,4,7,14H2,1-2H3,(H,24,28). The monoisotopic (exact) mass is 405 g/mol. The highest BCUT2D eigenvalue weighted by Gasteiger charge is 2.07. The summed E-state index contributed by atoms with van der Waals surface area (Å²) in [6.07, 6.45) is 0.706. The Morgan fingerprint density at radius 1 is 1.07 bits per heavy atom. The van der Waals surface area contributed by atoms with Crippen molar-refractivity contribution in [2.75, 3.05) is 12.4 Å². The van der Waals surface area contributed by atoms with Crippen LogP contribution in [0.1, 0.15) is 30.1 Å². The molecule has 154 valence electrons. The van der Waals surface area contributed by atoms with E-state index in [9.17, 15) is 14.4 Å². The number of amides is 1. The minimum atomic E-state index is -0.220. The van der Waals surface area contributed by atoms with E-state index < -0.39 is 0 Å². The second-order valence-electron chi connectivity index (χ2n) is 6.80. The summed E-state index contributed by atoms with van der Waals surface area (Å²) in [6, 6.07) is 17.3. The fourth-order valence-corrected chi connectivity index (χ4v) is 2.95. The molecule has 3 aromatic rings. The molecule has 1 heterocycles. The van der Waals surface area contributed by atoms with Gasteiger partial charge in [-0.15, -0.1) is 0 Å². The van der Waals surface area contributed by atoms with Crippen molar-refractivity contribution in [3.8, 4) is 17.0 Å². The number of ether oxygens (including phenoxy) is 1. The molecule has 30 heavy (non-hydrogen) atoms. The molecule has 0 aliphatic heterocycles. The molecular weight excluding hydrogens is 382 g/mol. The summed E-state index contributed by atoms with van der Waals surface area (Å²) in [5, 5.41) is 7.20. The van der Waals surface area contributed by atoms with Gasteiger partial charge in [0, 0.05) is 35.8 Å². The molecule has 0 saturated heterocycles. The first-order valence-corrected chi connectivity index (χ1v) is 9.60. The number of anilines is 1. The first-order chi connectivity index (χ1) is 14.5. The summed E-state index contributed by atoms with van der Waals surface area (Å²) in [7, 11) is 1.59. The van der Waals surface area contributed by atoms with Crippen LogP contribution >= 0.6 is 0 Å². The van der Waals surface area contributed by atoms with Crippen LogP contribution < -0.4 is 15.6 Å². The van der Waals surface area contributed by atoms with E-state index in [4.69, 9.17) is 4.74 Å². The van der Waals surface area contributed by atoms with Crippen LogP contribution in [0, 0.1) is 0 Å². The number of methoxy groups -OCH3 is 1. The number of hydrogen-bond acceptors (Lipinski definition) is 5. The Bertz CT molecular complexity index is 1100. The molecule has 1 aromatic heterocycles. The lowest BCUT2D eigenvalue weighted by molar-refractivity contribution is -0.116. The van der Waals surface area contributed by atoms with Crippen molar-refractivity contribution in [2.24, 2.45) is 0 Å². The van der Waals surface area contributed by atoms with Crippen molar-refractivity contribution < 1.29 is 14.3 Å². The fraction of sp³-hybridized carbons (Fsp3) is 0.217. The Balaban J connectivity index is 1.59. The Morgan fingerprint density at radius 3 is 2.53 bits per heavy atom. The van der Waals surface area contributed by atoms with E-state index in [0.717, 1.165) is 5.56 Å². The maximum Gasteiger partial charge on any atom is 0.266 e. The third-order valence-corrected chi connectivity index (χ3v) is 4.58. The number of nitrogens with zero attached hydrogens (tertiary/aromatic N) is 2. The molecule has 0 aliphatic rings. The van der Waals surface area contributed by atoms with Crippen LogP contribution in [0.2, 0.25) is 0 Å². The van der Waals surface area contributed by atoms with Crippen molar-refractivity contribution >= 4 is 17.4 Å². The number of Topliss-reactive ketones (excluding diaryl/α,β-unsaturated/α-hetero) is 1. The average Bonchev–Trinajstić information content (AvgIpc) is 2.75. The van der Waals surface area contributed by atoms with Gasteiger partial charge in [0.05, 0.1) is 12.8 Å². The SMILES string of the molecule is COc1cccc(-c2ccc(=O)n(CCCC(=O)Nc3ccc(C(C)=O)cc3)n2)c1. The minimum Gasteiger partial charge on any atom is -0.497 e. The number of carbonyl (C=O) groups excluding carboxylic acids is 2. The molecule has 0 unspecified atom stereocenters. The van der Waals surface area contributed by atoms with Crippen LogP contribution in [-0.2, 0) is 11.3 Å².